The number of anilines is 2. The standard InChI is InChI=1S/C18H17ClN2O3/c1-2-15(24-16-10-6-3-7-12(16)19)18(23)21-11-17(22)20-13-8-4-5-9-14(13)21/h3-10,15H,2,11H2,1H3,(H,20,22)/t15-/m1/s1. The van der Waals surface area contributed by atoms with Crippen molar-refractivity contribution in [2.45, 2.75) is 19.4 Å². The fourth-order valence-electron chi connectivity index (χ4n) is 2.61. The van der Waals surface area contributed by atoms with Crippen LogP contribution in [0.5, 0.6) is 5.75 Å². The zero-order valence-electron chi connectivity index (χ0n) is 13.2. The average Bonchev–Trinajstić information content (AvgIpc) is 2.59. The highest BCUT2D eigenvalue weighted by Gasteiger charge is 2.32. The fraction of sp³-hybridized carbons (Fsp3) is 0.222. The summed E-state index contributed by atoms with van der Waals surface area (Å²) in [5.74, 6) is -0.0384. The zero-order chi connectivity index (χ0) is 17.1. The van der Waals surface area contributed by atoms with Crippen molar-refractivity contribution in [3.05, 3.63) is 53.6 Å². The molecular weight excluding hydrogens is 328 g/mol. The number of carbonyl (C=O) groups is 2. The Morgan fingerprint density at radius 3 is 2.71 bits per heavy atom. The van der Waals surface area contributed by atoms with Crippen LogP contribution in [0.3, 0.4) is 0 Å². The van der Waals surface area contributed by atoms with Gasteiger partial charge in [0.25, 0.3) is 5.91 Å². The molecule has 0 aliphatic carbocycles. The molecule has 0 spiro atoms. The largest absolute Gasteiger partial charge is 0.479 e. The number of amides is 2. The maximum atomic E-state index is 12.9. The first-order valence-electron chi connectivity index (χ1n) is 7.71. The third-order valence-corrected chi connectivity index (χ3v) is 4.10. The monoisotopic (exact) mass is 344 g/mol. The summed E-state index contributed by atoms with van der Waals surface area (Å²) < 4.78 is 5.80. The van der Waals surface area contributed by atoms with Crippen molar-refractivity contribution in [1.82, 2.24) is 0 Å². The van der Waals surface area contributed by atoms with Crippen LogP contribution in [0.1, 0.15) is 13.3 Å². The molecule has 0 radical (unpaired) electrons. The number of hydrogen-bond donors (Lipinski definition) is 1. The van der Waals surface area contributed by atoms with Crippen molar-refractivity contribution in [1.29, 1.82) is 0 Å². The van der Waals surface area contributed by atoms with Crippen LogP contribution in [0.2, 0.25) is 5.02 Å². The Morgan fingerprint density at radius 2 is 1.96 bits per heavy atom. The molecule has 124 valence electrons. The van der Waals surface area contributed by atoms with E-state index in [-0.39, 0.29) is 18.4 Å². The van der Waals surface area contributed by atoms with Gasteiger partial charge in [-0.15, -0.1) is 0 Å². The number of benzene rings is 2. The molecule has 0 saturated heterocycles. The first-order chi connectivity index (χ1) is 11.6. The number of ether oxygens (including phenoxy) is 1. The Bertz CT molecular complexity index is 778. The van der Waals surface area contributed by atoms with E-state index < -0.39 is 6.10 Å². The molecule has 6 heteroatoms. The van der Waals surface area contributed by atoms with E-state index in [0.29, 0.717) is 28.6 Å². The molecule has 5 nitrogen and oxygen atoms in total. The molecule has 0 fully saturated rings. The van der Waals surface area contributed by atoms with Crippen molar-refractivity contribution in [2.24, 2.45) is 0 Å². The SMILES string of the molecule is CC[C@@H](Oc1ccccc1Cl)C(=O)N1CC(=O)Nc2ccccc21. The number of nitrogens with zero attached hydrogens (tertiary/aromatic N) is 1. The third-order valence-electron chi connectivity index (χ3n) is 3.79. The highest BCUT2D eigenvalue weighted by Crippen LogP contribution is 2.31. The predicted molar refractivity (Wildman–Crippen MR) is 93.6 cm³/mol. The third kappa shape index (κ3) is 3.21. The molecule has 0 saturated carbocycles. The van der Waals surface area contributed by atoms with Crippen LogP contribution in [-0.4, -0.2) is 24.5 Å². The van der Waals surface area contributed by atoms with Gasteiger partial charge >= 0.3 is 0 Å². The number of hydrogen-bond acceptors (Lipinski definition) is 3. The van der Waals surface area contributed by atoms with Crippen molar-refractivity contribution in [3.8, 4) is 5.75 Å². The lowest BCUT2D eigenvalue weighted by Gasteiger charge is -2.31. The lowest BCUT2D eigenvalue weighted by Crippen LogP contribution is -2.48. The molecular formula is C18H17ClN2O3. The molecule has 1 aliphatic rings. The van der Waals surface area contributed by atoms with Crippen LogP contribution >= 0.6 is 11.6 Å². The summed E-state index contributed by atoms with van der Waals surface area (Å²) in [4.78, 5) is 26.3. The van der Waals surface area contributed by atoms with Crippen molar-refractivity contribution in [2.75, 3.05) is 16.8 Å². The number of fused-ring (bicyclic) bond motifs is 1. The molecule has 0 bridgehead atoms. The molecule has 1 aliphatic heterocycles. The molecule has 1 heterocycles. The Kier molecular flexibility index (Phi) is 4.71. The molecule has 1 atom stereocenters. The van der Waals surface area contributed by atoms with E-state index in [1.165, 1.54) is 4.90 Å². The Morgan fingerprint density at radius 1 is 1.25 bits per heavy atom. The van der Waals surface area contributed by atoms with Crippen LogP contribution in [-0.2, 0) is 9.59 Å². The van der Waals surface area contributed by atoms with Gasteiger partial charge in [-0.05, 0) is 30.7 Å². The summed E-state index contributed by atoms with van der Waals surface area (Å²) >= 11 is 6.11. The van der Waals surface area contributed by atoms with Crippen LogP contribution in [0, 0.1) is 0 Å². The molecule has 0 aromatic heterocycles. The second-order valence-corrected chi connectivity index (χ2v) is 5.84. The second-order valence-electron chi connectivity index (χ2n) is 5.43. The Hall–Kier alpha value is -2.53. The van der Waals surface area contributed by atoms with Crippen LogP contribution in [0.15, 0.2) is 48.5 Å². The lowest BCUT2D eigenvalue weighted by molar-refractivity contribution is -0.127. The summed E-state index contributed by atoms with van der Waals surface area (Å²) in [5.41, 5.74) is 1.29. The van der Waals surface area contributed by atoms with Gasteiger partial charge in [-0.3, -0.25) is 14.5 Å². The van der Waals surface area contributed by atoms with E-state index in [1.807, 2.05) is 19.1 Å². The molecule has 2 aromatic carbocycles. The van der Waals surface area contributed by atoms with E-state index in [4.69, 9.17) is 16.3 Å². The van der Waals surface area contributed by atoms with E-state index in [9.17, 15) is 9.59 Å². The van der Waals surface area contributed by atoms with Gasteiger partial charge in [-0.25, -0.2) is 0 Å². The van der Waals surface area contributed by atoms with Crippen molar-refractivity contribution in [3.63, 3.8) is 0 Å². The van der Waals surface area contributed by atoms with Crippen LogP contribution in [0.25, 0.3) is 0 Å². The molecule has 1 N–H and O–H groups in total. The summed E-state index contributed by atoms with van der Waals surface area (Å²) in [5, 5.41) is 3.21. The number of carbonyl (C=O) groups excluding carboxylic acids is 2. The highest BCUT2D eigenvalue weighted by atomic mass is 35.5. The Labute approximate surface area is 145 Å². The number of rotatable bonds is 4. The lowest BCUT2D eigenvalue weighted by atomic mass is 10.1. The number of nitrogens with one attached hydrogen (secondary N) is 1. The quantitative estimate of drug-likeness (QED) is 0.923. The summed E-state index contributed by atoms with van der Waals surface area (Å²) in [6.45, 7) is 1.83. The Balaban J connectivity index is 1.87. The molecule has 24 heavy (non-hydrogen) atoms. The smallest absolute Gasteiger partial charge is 0.268 e. The normalized spacial score (nSPS) is 14.6. The van der Waals surface area contributed by atoms with E-state index >= 15 is 0 Å². The first-order valence-corrected chi connectivity index (χ1v) is 8.09. The fourth-order valence-corrected chi connectivity index (χ4v) is 2.79. The van der Waals surface area contributed by atoms with Crippen LogP contribution in [0.4, 0.5) is 11.4 Å². The van der Waals surface area contributed by atoms with Gasteiger partial charge in [0.1, 0.15) is 12.3 Å². The molecule has 3 rings (SSSR count). The van der Waals surface area contributed by atoms with Gasteiger partial charge in [-0.1, -0.05) is 42.8 Å². The van der Waals surface area contributed by atoms with E-state index in [1.54, 1.807) is 36.4 Å². The summed E-state index contributed by atoms with van der Waals surface area (Å²) in [7, 11) is 0. The van der Waals surface area contributed by atoms with Gasteiger partial charge < -0.3 is 10.1 Å². The minimum Gasteiger partial charge on any atom is -0.479 e. The summed E-state index contributed by atoms with van der Waals surface area (Å²) in [6, 6.07) is 14.2. The minimum atomic E-state index is -0.719. The van der Waals surface area contributed by atoms with Crippen molar-refractivity contribution >= 4 is 34.8 Å². The van der Waals surface area contributed by atoms with Crippen LogP contribution < -0.4 is 15.0 Å². The minimum absolute atomic E-state index is 0.0295. The average molecular weight is 345 g/mol. The van der Waals surface area contributed by atoms with Gasteiger partial charge in [0.15, 0.2) is 6.10 Å². The van der Waals surface area contributed by atoms with Gasteiger partial charge in [0.05, 0.1) is 16.4 Å². The van der Waals surface area contributed by atoms with Gasteiger partial charge in [0.2, 0.25) is 5.91 Å². The predicted octanol–water partition coefficient (Wildman–Crippen LogP) is 3.48. The topological polar surface area (TPSA) is 58.6 Å². The zero-order valence-corrected chi connectivity index (χ0v) is 13.9. The van der Waals surface area contributed by atoms with Gasteiger partial charge in [0, 0.05) is 0 Å². The highest BCUT2D eigenvalue weighted by molar-refractivity contribution is 6.32. The number of para-hydroxylation sites is 3. The second kappa shape index (κ2) is 6.93. The van der Waals surface area contributed by atoms with Crippen molar-refractivity contribution < 1.29 is 14.3 Å². The number of halogens is 1. The molecule has 2 amide bonds. The maximum Gasteiger partial charge on any atom is 0.268 e. The first kappa shape index (κ1) is 16.3. The molecule has 2 aromatic rings. The van der Waals surface area contributed by atoms with E-state index in [2.05, 4.69) is 5.32 Å². The van der Waals surface area contributed by atoms with Gasteiger partial charge in [-0.2, -0.15) is 0 Å². The summed E-state index contributed by atoms with van der Waals surface area (Å²) in [6.07, 6.45) is -0.256. The maximum absolute atomic E-state index is 12.9. The molecule has 0 unspecified atom stereocenters. The van der Waals surface area contributed by atoms with E-state index in [0.717, 1.165) is 0 Å².